The molecule has 0 bridgehead atoms. The molecule has 0 aliphatic rings. The first-order valence-corrected chi connectivity index (χ1v) is 7.65. The van der Waals surface area contributed by atoms with Crippen molar-refractivity contribution < 1.29 is 5.11 Å². The number of phenolic OH excluding ortho intramolecular Hbond substituents is 1. The molecule has 0 fully saturated rings. The Hall–Kier alpha value is -2.54. The number of aromatic hydroxyl groups is 1. The highest BCUT2D eigenvalue weighted by Gasteiger charge is 2.17. The minimum Gasteiger partial charge on any atom is -0.507 e. The van der Waals surface area contributed by atoms with Crippen LogP contribution in [-0.4, -0.2) is 5.11 Å². The third-order valence-corrected chi connectivity index (χ3v) is 3.96. The van der Waals surface area contributed by atoms with Crippen LogP contribution in [0.1, 0.15) is 25.3 Å². The van der Waals surface area contributed by atoms with E-state index in [2.05, 4.69) is 26.0 Å². The van der Waals surface area contributed by atoms with Crippen LogP contribution in [0.2, 0.25) is 0 Å². The van der Waals surface area contributed by atoms with E-state index in [4.69, 9.17) is 0 Å². The molecule has 0 aromatic heterocycles. The van der Waals surface area contributed by atoms with Crippen LogP contribution in [0.15, 0.2) is 72.8 Å². The van der Waals surface area contributed by atoms with Gasteiger partial charge in [0, 0.05) is 5.56 Å². The summed E-state index contributed by atoms with van der Waals surface area (Å²) < 4.78 is 0. The predicted octanol–water partition coefficient (Wildman–Crippen LogP) is 5.85. The first-order chi connectivity index (χ1) is 10.7. The van der Waals surface area contributed by atoms with Crippen LogP contribution in [0.5, 0.6) is 5.75 Å². The van der Waals surface area contributed by atoms with Crippen molar-refractivity contribution in [1.82, 2.24) is 0 Å². The summed E-state index contributed by atoms with van der Waals surface area (Å²) in [7, 11) is 0. The summed E-state index contributed by atoms with van der Waals surface area (Å²) >= 11 is 0. The molecule has 1 N–H and O–H groups in total. The Labute approximate surface area is 131 Å². The number of phenols is 1. The third kappa shape index (κ3) is 2.62. The first-order valence-electron chi connectivity index (χ1n) is 7.65. The molecule has 0 radical (unpaired) electrons. The van der Waals surface area contributed by atoms with Crippen LogP contribution >= 0.6 is 0 Å². The molecule has 3 rings (SSSR count). The van der Waals surface area contributed by atoms with E-state index in [1.807, 2.05) is 60.7 Å². The zero-order valence-corrected chi connectivity index (χ0v) is 13.0. The summed E-state index contributed by atoms with van der Waals surface area (Å²) in [6.07, 6.45) is 0. The summed E-state index contributed by atoms with van der Waals surface area (Å²) in [4.78, 5) is 0. The maximum Gasteiger partial charge on any atom is 0.124 e. The van der Waals surface area contributed by atoms with Gasteiger partial charge in [0.05, 0.1) is 0 Å². The molecule has 0 unspecified atom stereocenters. The SMILES string of the molecule is CC(C)c1ccc(O)c(-c2ccccc2)c1-c1ccccc1. The maximum absolute atomic E-state index is 10.5. The fourth-order valence-electron chi connectivity index (χ4n) is 2.90. The van der Waals surface area contributed by atoms with Crippen LogP contribution in [0, 0.1) is 0 Å². The van der Waals surface area contributed by atoms with Crippen LogP contribution in [0.3, 0.4) is 0 Å². The molecule has 0 amide bonds. The molecule has 1 nitrogen and oxygen atoms in total. The molecule has 1 heteroatoms. The maximum atomic E-state index is 10.5. The summed E-state index contributed by atoms with van der Waals surface area (Å²) in [6.45, 7) is 4.38. The van der Waals surface area contributed by atoms with Crippen molar-refractivity contribution in [2.24, 2.45) is 0 Å². The highest BCUT2D eigenvalue weighted by molar-refractivity contribution is 5.89. The van der Waals surface area contributed by atoms with Crippen LogP contribution < -0.4 is 0 Å². The van der Waals surface area contributed by atoms with Gasteiger partial charge in [0.1, 0.15) is 5.75 Å². The zero-order chi connectivity index (χ0) is 15.5. The van der Waals surface area contributed by atoms with Crippen LogP contribution in [0.4, 0.5) is 0 Å². The molecule has 0 saturated carbocycles. The van der Waals surface area contributed by atoms with Gasteiger partial charge in [-0.15, -0.1) is 0 Å². The molecule has 3 aromatic carbocycles. The molecule has 0 spiro atoms. The van der Waals surface area contributed by atoms with Crippen molar-refractivity contribution >= 4 is 0 Å². The summed E-state index contributed by atoms with van der Waals surface area (Å²) in [5, 5.41) is 10.5. The van der Waals surface area contributed by atoms with Gasteiger partial charge in [-0.05, 0) is 34.2 Å². The number of hydrogen-bond donors (Lipinski definition) is 1. The Kier molecular flexibility index (Phi) is 3.97. The van der Waals surface area contributed by atoms with E-state index in [-0.39, 0.29) is 0 Å². The first kappa shape index (κ1) is 14.4. The van der Waals surface area contributed by atoms with E-state index in [9.17, 15) is 5.11 Å². The molecule has 0 atom stereocenters. The van der Waals surface area contributed by atoms with E-state index in [0.29, 0.717) is 11.7 Å². The third-order valence-electron chi connectivity index (χ3n) is 3.96. The molecule has 3 aromatic rings. The van der Waals surface area contributed by atoms with Gasteiger partial charge in [0.15, 0.2) is 0 Å². The average Bonchev–Trinajstić information content (AvgIpc) is 2.56. The molecular formula is C21H20O. The van der Waals surface area contributed by atoms with E-state index >= 15 is 0 Å². The second-order valence-corrected chi connectivity index (χ2v) is 5.81. The Morgan fingerprint density at radius 2 is 1.14 bits per heavy atom. The van der Waals surface area contributed by atoms with E-state index in [1.165, 1.54) is 5.56 Å². The fraction of sp³-hybridized carbons (Fsp3) is 0.143. The van der Waals surface area contributed by atoms with Crippen molar-refractivity contribution in [1.29, 1.82) is 0 Å². The lowest BCUT2D eigenvalue weighted by Crippen LogP contribution is -1.96. The standard InChI is InChI=1S/C21H20O/c1-15(2)18-13-14-19(22)21(17-11-7-4-8-12-17)20(18)16-9-5-3-6-10-16/h3-15,22H,1-2H3. The van der Waals surface area contributed by atoms with Gasteiger partial charge in [-0.2, -0.15) is 0 Å². The zero-order valence-electron chi connectivity index (χ0n) is 13.0. The van der Waals surface area contributed by atoms with Gasteiger partial charge in [-0.3, -0.25) is 0 Å². The van der Waals surface area contributed by atoms with E-state index < -0.39 is 0 Å². The Balaban J connectivity index is 2.36. The van der Waals surface area contributed by atoms with Gasteiger partial charge in [-0.25, -0.2) is 0 Å². The minimum atomic E-state index is 0.328. The predicted molar refractivity (Wildman–Crippen MR) is 93.1 cm³/mol. The van der Waals surface area contributed by atoms with E-state index in [1.54, 1.807) is 0 Å². The molecule has 0 saturated heterocycles. The second kappa shape index (κ2) is 6.07. The summed E-state index contributed by atoms with van der Waals surface area (Å²) in [5.41, 5.74) is 5.48. The number of benzene rings is 3. The fourth-order valence-corrected chi connectivity index (χ4v) is 2.90. The lowest BCUT2D eigenvalue weighted by molar-refractivity contribution is 0.477. The van der Waals surface area contributed by atoms with Gasteiger partial charge >= 0.3 is 0 Å². The van der Waals surface area contributed by atoms with Crippen LogP contribution in [0.25, 0.3) is 22.3 Å². The monoisotopic (exact) mass is 288 g/mol. The molecule has 22 heavy (non-hydrogen) atoms. The van der Waals surface area contributed by atoms with Crippen molar-refractivity contribution in [3.8, 4) is 28.0 Å². The van der Waals surface area contributed by atoms with Crippen molar-refractivity contribution in [3.05, 3.63) is 78.4 Å². The lowest BCUT2D eigenvalue weighted by atomic mass is 9.86. The quantitative estimate of drug-likeness (QED) is 0.641. The minimum absolute atomic E-state index is 0.328. The topological polar surface area (TPSA) is 20.2 Å². The number of rotatable bonds is 3. The molecular weight excluding hydrogens is 268 g/mol. The van der Waals surface area contributed by atoms with Gasteiger partial charge in [0.2, 0.25) is 0 Å². The molecule has 110 valence electrons. The Bertz CT molecular complexity index is 759. The smallest absolute Gasteiger partial charge is 0.124 e. The Morgan fingerprint density at radius 3 is 1.64 bits per heavy atom. The normalized spacial score (nSPS) is 10.9. The average molecular weight is 288 g/mol. The number of hydrogen-bond acceptors (Lipinski definition) is 1. The molecule has 0 aliphatic heterocycles. The Morgan fingerprint density at radius 1 is 0.636 bits per heavy atom. The summed E-state index contributed by atoms with van der Waals surface area (Å²) in [5.74, 6) is 0.715. The van der Waals surface area contributed by atoms with Crippen molar-refractivity contribution in [3.63, 3.8) is 0 Å². The lowest BCUT2D eigenvalue weighted by Gasteiger charge is -2.19. The van der Waals surface area contributed by atoms with Crippen molar-refractivity contribution in [2.75, 3.05) is 0 Å². The van der Waals surface area contributed by atoms with Gasteiger partial charge in [0.25, 0.3) is 0 Å². The highest BCUT2D eigenvalue weighted by Crippen LogP contribution is 2.43. The van der Waals surface area contributed by atoms with Crippen LogP contribution in [-0.2, 0) is 0 Å². The van der Waals surface area contributed by atoms with Gasteiger partial charge in [-0.1, -0.05) is 80.6 Å². The second-order valence-electron chi connectivity index (χ2n) is 5.81. The molecule has 0 aliphatic carbocycles. The molecule has 0 heterocycles. The largest absolute Gasteiger partial charge is 0.507 e. The van der Waals surface area contributed by atoms with Gasteiger partial charge < -0.3 is 5.11 Å². The van der Waals surface area contributed by atoms with Crippen molar-refractivity contribution in [2.45, 2.75) is 19.8 Å². The summed E-state index contributed by atoms with van der Waals surface area (Å²) in [6, 6.07) is 24.3. The van der Waals surface area contributed by atoms with E-state index in [0.717, 1.165) is 22.3 Å². The highest BCUT2D eigenvalue weighted by atomic mass is 16.3.